The van der Waals surface area contributed by atoms with Crippen LogP contribution in [0.15, 0.2) is 58.6 Å². The monoisotopic (exact) mass is 427 g/mol. The molecular weight excluding hydrogens is 406 g/mol. The fraction of sp³-hybridized carbons (Fsp3) is 0.190. The minimum atomic E-state index is -3.97. The van der Waals surface area contributed by atoms with Crippen LogP contribution in [-0.2, 0) is 19.6 Å². The Hall–Kier alpha value is -3.64. The number of nitrogens with two attached hydrogens (primary N) is 1. The number of ether oxygens (including phenoxy) is 1. The number of esters is 1. The number of aryl methyl sites for hydroxylation is 2. The van der Waals surface area contributed by atoms with Gasteiger partial charge in [0.2, 0.25) is 5.78 Å². The van der Waals surface area contributed by atoms with Crippen LogP contribution in [0.3, 0.4) is 0 Å². The van der Waals surface area contributed by atoms with Crippen LogP contribution >= 0.6 is 0 Å². The molecule has 9 heteroatoms. The van der Waals surface area contributed by atoms with Gasteiger partial charge in [-0.15, -0.1) is 0 Å². The molecule has 0 heterocycles. The van der Waals surface area contributed by atoms with E-state index in [1.807, 2.05) is 13.0 Å². The Morgan fingerprint density at radius 1 is 1.17 bits per heavy atom. The maximum absolute atomic E-state index is 12.8. The predicted octanol–water partition coefficient (Wildman–Crippen LogP) is 2.59. The van der Waals surface area contributed by atoms with Gasteiger partial charge >= 0.3 is 5.97 Å². The van der Waals surface area contributed by atoms with Crippen LogP contribution in [0.4, 0.5) is 5.69 Å². The molecule has 0 bridgehead atoms. The number of hydrogen-bond donors (Lipinski definition) is 2. The first-order valence-electron chi connectivity index (χ1n) is 8.82. The smallest absolute Gasteiger partial charge is 0.338 e. The Morgan fingerprint density at radius 2 is 1.87 bits per heavy atom. The topological polar surface area (TPSA) is 139 Å². The highest BCUT2D eigenvalue weighted by molar-refractivity contribution is 7.92. The molecule has 0 aromatic heterocycles. The van der Waals surface area contributed by atoms with Gasteiger partial charge in [-0.3, -0.25) is 9.52 Å². The molecule has 0 aliphatic carbocycles. The van der Waals surface area contributed by atoms with E-state index in [0.717, 1.165) is 5.56 Å². The summed E-state index contributed by atoms with van der Waals surface area (Å²) in [5.74, 6) is -1.64. The zero-order chi connectivity index (χ0) is 22.5. The summed E-state index contributed by atoms with van der Waals surface area (Å²) < 4.78 is 33.0. The molecule has 0 saturated carbocycles. The van der Waals surface area contributed by atoms with E-state index >= 15 is 0 Å². The van der Waals surface area contributed by atoms with Crippen molar-refractivity contribution in [2.24, 2.45) is 5.73 Å². The van der Waals surface area contributed by atoms with Crippen LogP contribution in [0.1, 0.15) is 28.4 Å². The lowest BCUT2D eigenvalue weighted by Crippen LogP contribution is -2.19. The molecule has 0 spiro atoms. The molecule has 8 nitrogen and oxygen atoms in total. The molecule has 0 atom stereocenters. The van der Waals surface area contributed by atoms with E-state index in [1.165, 1.54) is 25.1 Å². The Balaban J connectivity index is 2.24. The van der Waals surface area contributed by atoms with E-state index in [0.29, 0.717) is 11.3 Å². The van der Waals surface area contributed by atoms with Gasteiger partial charge in [-0.25, -0.2) is 13.2 Å². The maximum Gasteiger partial charge on any atom is 0.338 e. The number of nitrogens with one attached hydrogen (secondary N) is 1. The molecule has 2 rings (SSSR count). The van der Waals surface area contributed by atoms with E-state index in [9.17, 15) is 18.0 Å². The van der Waals surface area contributed by atoms with Gasteiger partial charge in [0.05, 0.1) is 10.5 Å². The number of allylic oxidation sites excluding steroid dienone is 1. The van der Waals surface area contributed by atoms with Gasteiger partial charge in [0, 0.05) is 11.4 Å². The standard InChI is InChI=1S/C21H21N3O5S/c1-13-5-4-6-17(9-13)24-30(27,28)20-10-16(8-7-14(20)2)21(26)29-12-19(25)18(11-22)15(3)23/h4-10,24H,12,23H2,1-3H3/b18-15+. The molecule has 156 valence electrons. The zero-order valence-electron chi connectivity index (χ0n) is 16.7. The number of nitriles is 1. The van der Waals surface area contributed by atoms with Crippen molar-refractivity contribution in [1.29, 1.82) is 5.26 Å². The number of benzene rings is 2. The molecule has 3 N–H and O–H groups in total. The zero-order valence-corrected chi connectivity index (χ0v) is 17.5. The molecule has 30 heavy (non-hydrogen) atoms. The lowest BCUT2D eigenvalue weighted by Gasteiger charge is -2.12. The molecule has 0 aliphatic rings. The van der Waals surface area contributed by atoms with Crippen molar-refractivity contribution in [1.82, 2.24) is 0 Å². The third-order valence-electron chi connectivity index (χ3n) is 4.10. The van der Waals surface area contributed by atoms with Crippen molar-refractivity contribution in [3.63, 3.8) is 0 Å². The summed E-state index contributed by atoms with van der Waals surface area (Å²) in [5.41, 5.74) is 6.82. The Bertz CT molecular complexity index is 1170. The summed E-state index contributed by atoms with van der Waals surface area (Å²) in [7, 11) is -3.97. The van der Waals surface area contributed by atoms with Crippen LogP contribution in [0, 0.1) is 25.2 Å². The normalized spacial score (nSPS) is 11.8. The number of Topliss-reactive ketones (excluding diaryl/α,β-unsaturated/α-hetero) is 1. The van der Waals surface area contributed by atoms with Gasteiger partial charge in [-0.2, -0.15) is 5.26 Å². The van der Waals surface area contributed by atoms with Gasteiger partial charge in [0.1, 0.15) is 11.6 Å². The van der Waals surface area contributed by atoms with Gasteiger partial charge in [0.25, 0.3) is 10.0 Å². The number of carbonyl (C=O) groups is 2. The Labute approximate surface area is 175 Å². The first-order chi connectivity index (χ1) is 14.0. The fourth-order valence-electron chi connectivity index (χ4n) is 2.59. The van der Waals surface area contributed by atoms with Crippen molar-refractivity contribution >= 4 is 27.5 Å². The van der Waals surface area contributed by atoms with Gasteiger partial charge in [-0.1, -0.05) is 18.2 Å². The van der Waals surface area contributed by atoms with E-state index in [-0.39, 0.29) is 21.7 Å². The molecule has 2 aromatic rings. The largest absolute Gasteiger partial charge is 0.454 e. The third-order valence-corrected chi connectivity index (χ3v) is 5.63. The number of carbonyl (C=O) groups excluding carboxylic acids is 2. The number of anilines is 1. The first-order valence-corrected chi connectivity index (χ1v) is 10.3. The van der Waals surface area contributed by atoms with Gasteiger partial charge in [0.15, 0.2) is 6.61 Å². The molecule has 0 unspecified atom stereocenters. The van der Waals surface area contributed by atoms with Gasteiger partial charge in [-0.05, 0) is 56.2 Å². The minimum absolute atomic E-state index is 0.0180. The van der Waals surface area contributed by atoms with Crippen molar-refractivity contribution in [2.45, 2.75) is 25.7 Å². The maximum atomic E-state index is 12.8. The number of sulfonamides is 1. The van der Waals surface area contributed by atoms with Crippen LogP contribution in [0.5, 0.6) is 0 Å². The number of hydrogen-bond acceptors (Lipinski definition) is 7. The van der Waals surface area contributed by atoms with Gasteiger partial charge < -0.3 is 10.5 Å². The van der Waals surface area contributed by atoms with Crippen LogP contribution in [0.25, 0.3) is 0 Å². The summed E-state index contributed by atoms with van der Waals surface area (Å²) in [4.78, 5) is 24.1. The molecule has 0 radical (unpaired) electrons. The Morgan fingerprint density at radius 3 is 2.47 bits per heavy atom. The summed E-state index contributed by atoms with van der Waals surface area (Å²) in [6.45, 7) is 4.13. The summed E-state index contributed by atoms with van der Waals surface area (Å²) in [6, 6.07) is 12.5. The highest BCUT2D eigenvalue weighted by atomic mass is 32.2. The van der Waals surface area contributed by atoms with Crippen molar-refractivity contribution < 1.29 is 22.7 Å². The van der Waals surface area contributed by atoms with E-state index in [4.69, 9.17) is 15.7 Å². The Kier molecular flexibility index (Phi) is 6.97. The van der Waals surface area contributed by atoms with E-state index < -0.39 is 28.4 Å². The summed E-state index contributed by atoms with van der Waals surface area (Å²) in [6.07, 6.45) is 0. The third kappa shape index (κ3) is 5.46. The minimum Gasteiger partial charge on any atom is -0.454 e. The number of nitrogens with zero attached hydrogens (tertiary/aromatic N) is 1. The molecule has 0 saturated heterocycles. The van der Waals surface area contributed by atoms with Crippen LogP contribution < -0.4 is 10.5 Å². The molecule has 0 fully saturated rings. The molecule has 0 amide bonds. The average molecular weight is 427 g/mol. The van der Waals surface area contributed by atoms with Crippen LogP contribution in [0.2, 0.25) is 0 Å². The quantitative estimate of drug-likeness (QED) is 0.393. The highest BCUT2D eigenvalue weighted by Crippen LogP contribution is 2.22. The van der Waals surface area contributed by atoms with Crippen molar-refractivity contribution in [3.8, 4) is 6.07 Å². The predicted molar refractivity (Wildman–Crippen MR) is 111 cm³/mol. The second-order valence-electron chi connectivity index (χ2n) is 6.62. The number of ketones is 1. The second-order valence-corrected chi connectivity index (χ2v) is 8.28. The lowest BCUT2D eigenvalue weighted by molar-refractivity contribution is -0.118. The van der Waals surface area contributed by atoms with Crippen molar-refractivity contribution in [3.05, 3.63) is 70.4 Å². The van der Waals surface area contributed by atoms with Crippen molar-refractivity contribution in [2.75, 3.05) is 11.3 Å². The van der Waals surface area contributed by atoms with Crippen LogP contribution in [-0.4, -0.2) is 26.8 Å². The summed E-state index contributed by atoms with van der Waals surface area (Å²) in [5, 5.41) is 8.92. The number of rotatable bonds is 7. The molecule has 0 aliphatic heterocycles. The fourth-order valence-corrected chi connectivity index (χ4v) is 3.91. The highest BCUT2D eigenvalue weighted by Gasteiger charge is 2.21. The van der Waals surface area contributed by atoms with E-state index in [2.05, 4.69) is 4.72 Å². The first kappa shape index (κ1) is 22.6. The molecule has 2 aromatic carbocycles. The molecular formula is C21H21N3O5S. The lowest BCUT2D eigenvalue weighted by atomic mass is 10.1. The second kappa shape index (κ2) is 9.24. The van der Waals surface area contributed by atoms with E-state index in [1.54, 1.807) is 31.2 Å². The SMILES string of the molecule is C/C(N)=C(/C#N)C(=O)COC(=O)c1ccc(C)c(S(=O)(=O)Nc2cccc(C)c2)c1. The summed E-state index contributed by atoms with van der Waals surface area (Å²) >= 11 is 0. The average Bonchev–Trinajstić information content (AvgIpc) is 2.66.